The van der Waals surface area contributed by atoms with Gasteiger partial charge in [-0.1, -0.05) is 92.7 Å². The standard InChI is InChI=1S/C30H27NO2/c1-30(2)18-26(31-25-16-8-12-21-10-4-6-15-24(21)25)29(28(33)19-30)27(32)17-22-13-7-11-20-9-3-5-14-23(20)22/h3-16,32H,17-19H2,1-2H3. The molecule has 1 fully saturated rings. The second-order valence-corrected chi connectivity index (χ2v) is 9.63. The Morgan fingerprint density at radius 2 is 1.42 bits per heavy atom. The number of aliphatic hydroxyl groups excluding tert-OH is 1. The SMILES string of the molecule is CC1(C)CC(=O)C(=C(O)Cc2cccc3ccccc23)C(=Nc2cccc3ccccc23)C1. The van der Waals surface area contributed by atoms with Gasteiger partial charge in [-0.2, -0.15) is 0 Å². The van der Waals surface area contributed by atoms with Crippen molar-refractivity contribution in [1.82, 2.24) is 0 Å². The average molecular weight is 434 g/mol. The number of carbonyl (C=O) groups is 1. The van der Waals surface area contributed by atoms with E-state index in [2.05, 4.69) is 44.2 Å². The third-order valence-corrected chi connectivity index (χ3v) is 6.40. The molecule has 0 atom stereocenters. The summed E-state index contributed by atoms with van der Waals surface area (Å²) in [5.41, 5.74) is 2.67. The Kier molecular flexibility index (Phi) is 5.33. The Hall–Kier alpha value is -3.72. The first-order valence-electron chi connectivity index (χ1n) is 11.4. The molecule has 164 valence electrons. The number of fused-ring (bicyclic) bond motifs is 2. The maximum Gasteiger partial charge on any atom is 0.168 e. The summed E-state index contributed by atoms with van der Waals surface area (Å²) in [5, 5.41) is 15.6. The van der Waals surface area contributed by atoms with Gasteiger partial charge in [-0.3, -0.25) is 9.79 Å². The summed E-state index contributed by atoms with van der Waals surface area (Å²) in [6.45, 7) is 4.17. The van der Waals surface area contributed by atoms with Crippen LogP contribution >= 0.6 is 0 Å². The quantitative estimate of drug-likeness (QED) is 0.268. The van der Waals surface area contributed by atoms with Crippen LogP contribution in [0.2, 0.25) is 0 Å². The highest BCUT2D eigenvalue weighted by Gasteiger charge is 2.36. The minimum Gasteiger partial charge on any atom is -0.511 e. The Labute approximate surface area is 194 Å². The summed E-state index contributed by atoms with van der Waals surface area (Å²) in [6.07, 6.45) is 1.34. The molecule has 0 unspecified atom stereocenters. The molecule has 0 heterocycles. The molecule has 0 aliphatic heterocycles. The molecule has 4 aromatic carbocycles. The first kappa shape index (κ1) is 21.1. The lowest BCUT2D eigenvalue weighted by molar-refractivity contribution is -0.117. The second kappa shape index (κ2) is 8.32. The van der Waals surface area contributed by atoms with Crippen molar-refractivity contribution in [2.24, 2.45) is 10.4 Å². The van der Waals surface area contributed by atoms with Gasteiger partial charge in [-0.05, 0) is 39.6 Å². The highest BCUT2D eigenvalue weighted by Crippen LogP contribution is 2.38. The van der Waals surface area contributed by atoms with Gasteiger partial charge in [0.1, 0.15) is 5.76 Å². The highest BCUT2D eigenvalue weighted by molar-refractivity contribution is 6.25. The Morgan fingerprint density at radius 1 is 0.818 bits per heavy atom. The zero-order valence-electron chi connectivity index (χ0n) is 19.0. The maximum atomic E-state index is 13.3. The van der Waals surface area contributed by atoms with Gasteiger partial charge < -0.3 is 5.11 Å². The number of ketones is 1. The summed E-state index contributed by atoms with van der Waals surface area (Å²) < 4.78 is 0. The van der Waals surface area contributed by atoms with Crippen LogP contribution in [0.25, 0.3) is 21.5 Å². The van der Waals surface area contributed by atoms with Gasteiger partial charge in [0.15, 0.2) is 5.78 Å². The predicted molar refractivity (Wildman–Crippen MR) is 136 cm³/mol. The van der Waals surface area contributed by atoms with Crippen molar-refractivity contribution in [3.63, 3.8) is 0 Å². The zero-order valence-corrected chi connectivity index (χ0v) is 19.0. The van der Waals surface area contributed by atoms with E-state index in [0.29, 0.717) is 30.5 Å². The van der Waals surface area contributed by atoms with Crippen LogP contribution in [0.1, 0.15) is 32.3 Å². The van der Waals surface area contributed by atoms with E-state index in [0.717, 1.165) is 32.8 Å². The number of Topliss-reactive ketones (excluding diaryl/α,β-unsaturated/α-hetero) is 1. The summed E-state index contributed by atoms with van der Waals surface area (Å²) >= 11 is 0. The number of benzene rings is 4. The van der Waals surface area contributed by atoms with Crippen LogP contribution in [0.15, 0.2) is 101 Å². The summed E-state index contributed by atoms with van der Waals surface area (Å²) in [4.78, 5) is 18.2. The van der Waals surface area contributed by atoms with Gasteiger partial charge in [-0.15, -0.1) is 0 Å². The topological polar surface area (TPSA) is 49.7 Å². The third kappa shape index (κ3) is 4.19. The lowest BCUT2D eigenvalue weighted by Crippen LogP contribution is -2.32. The monoisotopic (exact) mass is 433 g/mol. The van der Waals surface area contributed by atoms with Crippen LogP contribution in [0.3, 0.4) is 0 Å². The van der Waals surface area contributed by atoms with Crippen molar-refractivity contribution in [2.45, 2.75) is 33.1 Å². The van der Waals surface area contributed by atoms with E-state index in [1.165, 1.54) is 0 Å². The first-order chi connectivity index (χ1) is 15.9. The van der Waals surface area contributed by atoms with Crippen molar-refractivity contribution < 1.29 is 9.90 Å². The Bertz CT molecular complexity index is 1430. The number of aliphatic imine (C=N–C) groups is 1. The molecule has 0 spiro atoms. The van der Waals surface area contributed by atoms with Gasteiger partial charge in [0.2, 0.25) is 0 Å². The average Bonchev–Trinajstić information content (AvgIpc) is 2.78. The van der Waals surface area contributed by atoms with E-state index < -0.39 is 0 Å². The van der Waals surface area contributed by atoms with Gasteiger partial charge in [0, 0.05) is 18.2 Å². The molecule has 0 aromatic heterocycles. The smallest absolute Gasteiger partial charge is 0.168 e. The second-order valence-electron chi connectivity index (χ2n) is 9.63. The largest absolute Gasteiger partial charge is 0.511 e. The van der Waals surface area contributed by atoms with Crippen LogP contribution in [0.4, 0.5) is 5.69 Å². The molecule has 0 radical (unpaired) electrons. The minimum absolute atomic E-state index is 0.0389. The fraction of sp³-hybridized carbons (Fsp3) is 0.200. The maximum absolute atomic E-state index is 13.3. The van der Waals surface area contributed by atoms with Gasteiger partial charge >= 0.3 is 0 Å². The molecular formula is C30H27NO2. The lowest BCUT2D eigenvalue weighted by atomic mass is 9.73. The first-order valence-corrected chi connectivity index (χ1v) is 11.4. The number of rotatable bonds is 3. The summed E-state index contributed by atoms with van der Waals surface area (Å²) in [7, 11) is 0. The van der Waals surface area contributed by atoms with E-state index in [9.17, 15) is 9.90 Å². The molecule has 3 nitrogen and oxygen atoms in total. The number of hydrogen-bond donors (Lipinski definition) is 1. The van der Waals surface area contributed by atoms with E-state index in [1.807, 2.05) is 54.6 Å². The van der Waals surface area contributed by atoms with Crippen molar-refractivity contribution in [3.8, 4) is 0 Å². The number of aliphatic hydroxyl groups is 1. The Morgan fingerprint density at radius 3 is 2.18 bits per heavy atom. The number of carbonyl (C=O) groups excluding carboxylic acids is 1. The van der Waals surface area contributed by atoms with Crippen molar-refractivity contribution in [1.29, 1.82) is 0 Å². The normalized spacial score (nSPS) is 18.7. The van der Waals surface area contributed by atoms with Gasteiger partial charge in [-0.25, -0.2) is 0 Å². The molecule has 1 aliphatic carbocycles. The van der Waals surface area contributed by atoms with Crippen LogP contribution in [0, 0.1) is 5.41 Å². The zero-order chi connectivity index (χ0) is 23.0. The van der Waals surface area contributed by atoms with Crippen LogP contribution in [-0.2, 0) is 11.2 Å². The van der Waals surface area contributed by atoms with Crippen molar-refractivity contribution in [3.05, 3.63) is 102 Å². The molecule has 0 bridgehead atoms. The van der Waals surface area contributed by atoms with Crippen LogP contribution in [-0.4, -0.2) is 16.6 Å². The number of hydrogen-bond acceptors (Lipinski definition) is 3. The van der Waals surface area contributed by atoms with Crippen LogP contribution in [0.5, 0.6) is 0 Å². The summed E-state index contributed by atoms with van der Waals surface area (Å²) in [5.74, 6) is 0.0637. The Balaban J connectivity index is 1.64. The lowest BCUT2D eigenvalue weighted by Gasteiger charge is -2.31. The van der Waals surface area contributed by atoms with Crippen molar-refractivity contribution >= 4 is 38.7 Å². The fourth-order valence-electron chi connectivity index (χ4n) is 4.88. The van der Waals surface area contributed by atoms with E-state index >= 15 is 0 Å². The molecule has 33 heavy (non-hydrogen) atoms. The van der Waals surface area contributed by atoms with Crippen LogP contribution < -0.4 is 0 Å². The predicted octanol–water partition coefficient (Wildman–Crippen LogP) is 7.51. The molecule has 1 saturated carbocycles. The van der Waals surface area contributed by atoms with Gasteiger partial charge in [0.25, 0.3) is 0 Å². The molecular weight excluding hydrogens is 406 g/mol. The van der Waals surface area contributed by atoms with E-state index in [1.54, 1.807) is 0 Å². The molecule has 1 aliphatic rings. The molecule has 1 N–H and O–H groups in total. The number of allylic oxidation sites excluding steroid dienone is 2. The number of nitrogens with zero attached hydrogens (tertiary/aromatic N) is 1. The molecule has 4 aromatic rings. The molecule has 3 heteroatoms. The van der Waals surface area contributed by atoms with E-state index in [-0.39, 0.29) is 17.0 Å². The molecule has 0 saturated heterocycles. The fourth-order valence-corrected chi connectivity index (χ4v) is 4.88. The van der Waals surface area contributed by atoms with E-state index in [4.69, 9.17) is 4.99 Å². The van der Waals surface area contributed by atoms with Crippen molar-refractivity contribution in [2.75, 3.05) is 0 Å². The highest BCUT2D eigenvalue weighted by atomic mass is 16.3. The third-order valence-electron chi connectivity index (χ3n) is 6.40. The molecule has 0 amide bonds. The minimum atomic E-state index is -0.205. The van der Waals surface area contributed by atoms with Gasteiger partial charge in [0.05, 0.1) is 17.0 Å². The summed E-state index contributed by atoms with van der Waals surface area (Å²) in [6, 6.07) is 28.3. The molecule has 5 rings (SSSR count).